The highest BCUT2D eigenvalue weighted by Crippen LogP contribution is 2.21. The summed E-state index contributed by atoms with van der Waals surface area (Å²) < 4.78 is 4.66. The van der Waals surface area contributed by atoms with Gasteiger partial charge in [-0.15, -0.1) is 0 Å². The van der Waals surface area contributed by atoms with E-state index in [0.29, 0.717) is 0 Å². The highest BCUT2D eigenvalue weighted by atomic mass is 16.5. The maximum Gasteiger partial charge on any atom is 0.354 e. The van der Waals surface area contributed by atoms with Crippen molar-refractivity contribution in [2.75, 3.05) is 7.11 Å². The van der Waals surface area contributed by atoms with Crippen molar-refractivity contribution in [3.63, 3.8) is 0 Å². The highest BCUT2D eigenvalue weighted by molar-refractivity contribution is 6.00. The predicted octanol–water partition coefficient (Wildman–Crippen LogP) is 2.13. The van der Waals surface area contributed by atoms with E-state index in [2.05, 4.69) is 15.0 Å². The summed E-state index contributed by atoms with van der Waals surface area (Å²) in [6.07, 6.45) is 3.39. The number of esters is 1. The summed E-state index contributed by atoms with van der Waals surface area (Å²) in [5.74, 6) is -0.904. The Labute approximate surface area is 116 Å². The first-order valence-electron chi connectivity index (χ1n) is 6.16. The third kappa shape index (κ3) is 2.88. The zero-order valence-corrected chi connectivity index (χ0v) is 11.6. The van der Waals surface area contributed by atoms with Gasteiger partial charge in [-0.1, -0.05) is 12.1 Å². The summed E-state index contributed by atoms with van der Waals surface area (Å²) >= 11 is 0. The fraction of sp³-hybridized carbons (Fsp3) is 0.200. The lowest BCUT2D eigenvalue weighted by Gasteiger charge is -2.05. The molecule has 5 nitrogen and oxygen atoms in total. The van der Waals surface area contributed by atoms with Gasteiger partial charge in [0.2, 0.25) is 5.91 Å². The molecule has 2 aromatic rings. The molecule has 0 radical (unpaired) electrons. The Hall–Kier alpha value is -2.56. The number of benzene rings is 1. The Balaban J connectivity index is 2.47. The van der Waals surface area contributed by atoms with Crippen LogP contribution in [-0.4, -0.2) is 24.0 Å². The minimum atomic E-state index is -0.582. The lowest BCUT2D eigenvalue weighted by atomic mass is 10.1. The van der Waals surface area contributed by atoms with Crippen LogP contribution in [0.1, 0.15) is 18.1 Å². The Kier molecular flexibility index (Phi) is 3.89. The number of hydrogen-bond acceptors (Lipinski definition) is 3. The number of ether oxygens (including phenoxy) is 1. The van der Waals surface area contributed by atoms with Crippen LogP contribution in [0.15, 0.2) is 30.1 Å². The van der Waals surface area contributed by atoms with Crippen LogP contribution in [0.5, 0.6) is 0 Å². The van der Waals surface area contributed by atoms with Gasteiger partial charge in [0.05, 0.1) is 7.11 Å². The van der Waals surface area contributed by atoms with Gasteiger partial charge < -0.3 is 15.0 Å². The summed E-state index contributed by atoms with van der Waals surface area (Å²) in [5.41, 5.74) is 3.05. The Morgan fingerprint density at radius 3 is 2.75 bits per heavy atom. The molecular weight excluding hydrogens is 256 g/mol. The summed E-state index contributed by atoms with van der Waals surface area (Å²) in [6, 6.07) is 5.97. The second-order valence-electron chi connectivity index (χ2n) is 4.52. The molecule has 0 unspecified atom stereocenters. The number of methoxy groups -OCH3 is 1. The number of aryl methyl sites for hydroxylation is 1. The van der Waals surface area contributed by atoms with Crippen molar-refractivity contribution in [1.29, 1.82) is 0 Å². The SMILES string of the molecule is COC(=O)C(=Cc1c[nH]c2cc(C)ccc12)NC(C)=O. The summed E-state index contributed by atoms with van der Waals surface area (Å²) in [6.45, 7) is 3.35. The van der Waals surface area contributed by atoms with E-state index in [0.717, 1.165) is 22.0 Å². The van der Waals surface area contributed by atoms with E-state index in [9.17, 15) is 9.59 Å². The molecule has 0 aliphatic rings. The number of aromatic nitrogens is 1. The van der Waals surface area contributed by atoms with Crippen LogP contribution in [0.4, 0.5) is 0 Å². The van der Waals surface area contributed by atoms with Crippen molar-refractivity contribution in [2.24, 2.45) is 0 Å². The van der Waals surface area contributed by atoms with Crippen molar-refractivity contribution in [3.05, 3.63) is 41.2 Å². The van der Waals surface area contributed by atoms with Gasteiger partial charge in [-0.25, -0.2) is 4.79 Å². The molecule has 1 aromatic heterocycles. The van der Waals surface area contributed by atoms with Crippen LogP contribution in [0, 0.1) is 6.92 Å². The van der Waals surface area contributed by atoms with Gasteiger partial charge in [0.15, 0.2) is 0 Å². The van der Waals surface area contributed by atoms with Crippen LogP contribution < -0.4 is 5.32 Å². The van der Waals surface area contributed by atoms with Crippen molar-refractivity contribution in [2.45, 2.75) is 13.8 Å². The molecule has 0 atom stereocenters. The molecule has 0 fully saturated rings. The van der Waals surface area contributed by atoms with E-state index in [1.54, 1.807) is 12.3 Å². The molecular formula is C15H16N2O3. The molecule has 2 rings (SSSR count). The normalized spacial score (nSPS) is 11.4. The lowest BCUT2D eigenvalue weighted by Crippen LogP contribution is -2.25. The largest absolute Gasteiger partial charge is 0.464 e. The summed E-state index contributed by atoms with van der Waals surface area (Å²) in [7, 11) is 1.27. The van der Waals surface area contributed by atoms with Crippen molar-refractivity contribution < 1.29 is 14.3 Å². The van der Waals surface area contributed by atoms with E-state index in [-0.39, 0.29) is 11.6 Å². The first-order chi connectivity index (χ1) is 9.51. The quantitative estimate of drug-likeness (QED) is 0.664. The third-order valence-electron chi connectivity index (χ3n) is 2.89. The van der Waals surface area contributed by atoms with Crippen LogP contribution in [0.25, 0.3) is 17.0 Å². The van der Waals surface area contributed by atoms with Crippen LogP contribution >= 0.6 is 0 Å². The second-order valence-corrected chi connectivity index (χ2v) is 4.52. The predicted molar refractivity (Wildman–Crippen MR) is 76.8 cm³/mol. The van der Waals surface area contributed by atoms with Gasteiger partial charge in [-0.05, 0) is 24.6 Å². The number of H-pyrrole nitrogens is 1. The number of fused-ring (bicyclic) bond motifs is 1. The number of hydrogen-bond donors (Lipinski definition) is 2. The molecule has 0 spiro atoms. The molecule has 0 aliphatic carbocycles. The number of nitrogens with one attached hydrogen (secondary N) is 2. The molecule has 2 N–H and O–H groups in total. The summed E-state index contributed by atoms with van der Waals surface area (Å²) in [4.78, 5) is 25.9. The van der Waals surface area contributed by atoms with E-state index in [4.69, 9.17) is 0 Å². The van der Waals surface area contributed by atoms with E-state index < -0.39 is 5.97 Å². The fourth-order valence-electron chi connectivity index (χ4n) is 1.98. The van der Waals surface area contributed by atoms with E-state index in [1.807, 2.05) is 25.1 Å². The molecule has 5 heteroatoms. The average Bonchev–Trinajstić information content (AvgIpc) is 2.78. The van der Waals surface area contributed by atoms with Crippen molar-refractivity contribution in [1.82, 2.24) is 10.3 Å². The number of amides is 1. The molecule has 0 aliphatic heterocycles. The van der Waals surface area contributed by atoms with Crippen molar-refractivity contribution in [3.8, 4) is 0 Å². The summed E-state index contributed by atoms with van der Waals surface area (Å²) in [5, 5.41) is 3.45. The van der Waals surface area contributed by atoms with E-state index >= 15 is 0 Å². The molecule has 104 valence electrons. The lowest BCUT2D eigenvalue weighted by molar-refractivity contribution is -0.137. The van der Waals surface area contributed by atoms with Gasteiger partial charge >= 0.3 is 5.97 Å². The van der Waals surface area contributed by atoms with Gasteiger partial charge in [-0.3, -0.25) is 4.79 Å². The maximum absolute atomic E-state index is 11.6. The van der Waals surface area contributed by atoms with Gasteiger partial charge in [-0.2, -0.15) is 0 Å². The topological polar surface area (TPSA) is 71.2 Å². The molecule has 0 saturated heterocycles. The Bertz CT molecular complexity index is 698. The average molecular weight is 272 g/mol. The first-order valence-corrected chi connectivity index (χ1v) is 6.16. The Morgan fingerprint density at radius 1 is 1.35 bits per heavy atom. The number of carbonyl (C=O) groups excluding carboxylic acids is 2. The molecule has 1 heterocycles. The molecule has 1 amide bonds. The van der Waals surface area contributed by atoms with Crippen molar-refractivity contribution >= 4 is 28.9 Å². The fourth-order valence-corrected chi connectivity index (χ4v) is 1.98. The maximum atomic E-state index is 11.6. The standard InChI is InChI=1S/C15H16N2O3/c1-9-4-5-12-11(8-16-13(12)6-9)7-14(15(19)20-3)17-10(2)18/h4-8,16H,1-3H3,(H,17,18). The minimum Gasteiger partial charge on any atom is -0.464 e. The molecule has 0 bridgehead atoms. The number of rotatable bonds is 3. The number of carbonyl (C=O) groups is 2. The Morgan fingerprint density at radius 2 is 2.10 bits per heavy atom. The van der Waals surface area contributed by atoms with Gasteiger partial charge in [0, 0.05) is 29.6 Å². The molecule has 1 aromatic carbocycles. The van der Waals surface area contributed by atoms with Gasteiger partial charge in [0.25, 0.3) is 0 Å². The minimum absolute atomic E-state index is 0.112. The molecule has 0 saturated carbocycles. The third-order valence-corrected chi connectivity index (χ3v) is 2.89. The van der Waals surface area contributed by atoms with Gasteiger partial charge in [0.1, 0.15) is 5.70 Å². The van der Waals surface area contributed by atoms with Crippen LogP contribution in [-0.2, 0) is 14.3 Å². The first kappa shape index (κ1) is 13.9. The zero-order valence-electron chi connectivity index (χ0n) is 11.6. The number of aromatic amines is 1. The highest BCUT2D eigenvalue weighted by Gasteiger charge is 2.12. The second kappa shape index (κ2) is 5.61. The smallest absolute Gasteiger partial charge is 0.354 e. The van der Waals surface area contributed by atoms with Crippen LogP contribution in [0.2, 0.25) is 0 Å². The molecule has 20 heavy (non-hydrogen) atoms. The van der Waals surface area contributed by atoms with E-state index in [1.165, 1.54) is 14.0 Å². The van der Waals surface area contributed by atoms with Crippen LogP contribution in [0.3, 0.4) is 0 Å². The monoisotopic (exact) mass is 272 g/mol. The zero-order chi connectivity index (χ0) is 14.7.